The van der Waals surface area contributed by atoms with Crippen LogP contribution in [0.4, 0.5) is 0 Å². The van der Waals surface area contributed by atoms with Crippen LogP contribution >= 0.6 is 0 Å². The number of allylic oxidation sites excluding steroid dienone is 2. The SMILES string of the molecule is CC(C)CC1=NC(C(=O)C(C)(C)C)=COC=C1. The molecule has 0 unspecified atom stereocenters. The Hall–Kier alpha value is -1.38. The van der Waals surface area contributed by atoms with Crippen LogP contribution < -0.4 is 0 Å². The zero-order valence-electron chi connectivity index (χ0n) is 11.3. The number of carbonyl (C=O) groups excluding carboxylic acids is 1. The molecule has 0 amide bonds. The molecule has 3 nitrogen and oxygen atoms in total. The van der Waals surface area contributed by atoms with E-state index in [9.17, 15) is 4.79 Å². The summed E-state index contributed by atoms with van der Waals surface area (Å²) in [5.41, 5.74) is 0.853. The van der Waals surface area contributed by atoms with Gasteiger partial charge in [0.2, 0.25) is 0 Å². The lowest BCUT2D eigenvalue weighted by molar-refractivity contribution is -0.122. The van der Waals surface area contributed by atoms with Gasteiger partial charge >= 0.3 is 0 Å². The summed E-state index contributed by atoms with van der Waals surface area (Å²) in [6.45, 7) is 9.89. The summed E-state index contributed by atoms with van der Waals surface area (Å²) in [6, 6.07) is 0. The van der Waals surface area contributed by atoms with Crippen LogP contribution in [0, 0.1) is 11.3 Å². The molecule has 0 bridgehead atoms. The van der Waals surface area contributed by atoms with Crippen molar-refractivity contribution >= 4 is 11.5 Å². The molecule has 0 aliphatic carbocycles. The maximum absolute atomic E-state index is 12.1. The van der Waals surface area contributed by atoms with Crippen molar-refractivity contribution in [3.8, 4) is 0 Å². The average Bonchev–Trinajstić information content (AvgIpc) is 2.39. The van der Waals surface area contributed by atoms with Crippen LogP contribution in [0.15, 0.2) is 29.3 Å². The smallest absolute Gasteiger partial charge is 0.189 e. The molecule has 0 aromatic carbocycles. The van der Waals surface area contributed by atoms with Crippen LogP contribution in [0.25, 0.3) is 0 Å². The third-order valence-corrected chi connectivity index (χ3v) is 2.31. The van der Waals surface area contributed by atoms with E-state index in [0.29, 0.717) is 11.6 Å². The fraction of sp³-hybridized carbons (Fsp3) is 0.571. The number of Topliss-reactive ketones (excluding diaryl/α,β-unsaturated/α-hetero) is 1. The van der Waals surface area contributed by atoms with Crippen LogP contribution in [0.5, 0.6) is 0 Å². The second-order valence-corrected chi connectivity index (χ2v) is 5.72. The van der Waals surface area contributed by atoms with Crippen LogP contribution in [0.2, 0.25) is 0 Å². The van der Waals surface area contributed by atoms with Gasteiger partial charge in [-0.1, -0.05) is 34.6 Å². The van der Waals surface area contributed by atoms with Crippen molar-refractivity contribution in [1.82, 2.24) is 0 Å². The molecular weight excluding hydrogens is 214 g/mol. The van der Waals surface area contributed by atoms with E-state index < -0.39 is 5.41 Å². The molecular formula is C14H21NO2. The number of rotatable bonds is 3. The van der Waals surface area contributed by atoms with Gasteiger partial charge in [0.05, 0.1) is 6.26 Å². The van der Waals surface area contributed by atoms with Crippen LogP contribution in [-0.4, -0.2) is 11.5 Å². The van der Waals surface area contributed by atoms with E-state index in [1.54, 1.807) is 6.26 Å². The van der Waals surface area contributed by atoms with Crippen molar-refractivity contribution in [2.24, 2.45) is 16.3 Å². The molecule has 0 saturated heterocycles. The van der Waals surface area contributed by atoms with Gasteiger partial charge in [0, 0.05) is 11.1 Å². The Morgan fingerprint density at radius 2 is 2.06 bits per heavy atom. The number of ketones is 1. The number of ether oxygens (including phenoxy) is 1. The maximum Gasteiger partial charge on any atom is 0.189 e. The lowest BCUT2D eigenvalue weighted by Crippen LogP contribution is -2.22. The summed E-state index contributed by atoms with van der Waals surface area (Å²) < 4.78 is 5.16. The Balaban J connectivity index is 2.94. The van der Waals surface area contributed by atoms with E-state index in [0.717, 1.165) is 12.1 Å². The Bertz CT molecular complexity index is 382. The second-order valence-electron chi connectivity index (χ2n) is 5.72. The Kier molecular flexibility index (Phi) is 4.27. The monoisotopic (exact) mass is 235 g/mol. The van der Waals surface area contributed by atoms with E-state index in [4.69, 9.17) is 4.74 Å². The first-order valence-electron chi connectivity index (χ1n) is 5.95. The van der Waals surface area contributed by atoms with Gasteiger partial charge in [-0.25, -0.2) is 4.99 Å². The van der Waals surface area contributed by atoms with Crippen molar-refractivity contribution in [3.63, 3.8) is 0 Å². The highest BCUT2D eigenvalue weighted by Crippen LogP contribution is 2.22. The number of carbonyl (C=O) groups is 1. The largest absolute Gasteiger partial charge is 0.470 e. The lowest BCUT2D eigenvalue weighted by Gasteiger charge is -2.16. The molecule has 0 saturated carbocycles. The molecule has 1 aliphatic rings. The first kappa shape index (κ1) is 13.7. The second kappa shape index (κ2) is 5.30. The molecule has 0 fully saturated rings. The standard InChI is InChI=1S/C14H21NO2/c1-10(2)8-11-6-7-17-9-12(15-11)13(16)14(3,4)5/h6-7,9-10H,8H2,1-5H3. The minimum atomic E-state index is -0.439. The lowest BCUT2D eigenvalue weighted by atomic mass is 9.89. The highest BCUT2D eigenvalue weighted by atomic mass is 16.5. The molecule has 1 aliphatic heterocycles. The summed E-state index contributed by atoms with van der Waals surface area (Å²) in [4.78, 5) is 16.5. The van der Waals surface area contributed by atoms with E-state index in [2.05, 4.69) is 18.8 Å². The fourth-order valence-electron chi connectivity index (χ4n) is 1.46. The minimum Gasteiger partial charge on any atom is -0.470 e. The van der Waals surface area contributed by atoms with Crippen molar-refractivity contribution in [2.45, 2.75) is 41.0 Å². The molecule has 0 spiro atoms. The van der Waals surface area contributed by atoms with Gasteiger partial charge in [0.25, 0.3) is 0 Å². The van der Waals surface area contributed by atoms with Gasteiger partial charge in [-0.2, -0.15) is 0 Å². The van der Waals surface area contributed by atoms with E-state index >= 15 is 0 Å². The number of hydrogen-bond donors (Lipinski definition) is 0. The molecule has 0 aromatic rings. The number of hydrogen-bond acceptors (Lipinski definition) is 3. The van der Waals surface area contributed by atoms with Crippen LogP contribution in [0.1, 0.15) is 41.0 Å². The van der Waals surface area contributed by atoms with Gasteiger partial charge < -0.3 is 4.74 Å². The summed E-state index contributed by atoms with van der Waals surface area (Å²) in [6.07, 6.45) is 5.66. The zero-order valence-corrected chi connectivity index (χ0v) is 11.3. The fourth-order valence-corrected chi connectivity index (χ4v) is 1.46. The number of aliphatic imine (C=N–C) groups is 1. The average molecular weight is 235 g/mol. The summed E-state index contributed by atoms with van der Waals surface area (Å²) in [7, 11) is 0. The predicted molar refractivity (Wildman–Crippen MR) is 69.7 cm³/mol. The summed E-state index contributed by atoms with van der Waals surface area (Å²) in [5.74, 6) is 0.505. The number of nitrogens with zero attached hydrogens (tertiary/aromatic N) is 1. The first-order chi connectivity index (χ1) is 7.80. The maximum atomic E-state index is 12.1. The van der Waals surface area contributed by atoms with Gasteiger partial charge in [-0.3, -0.25) is 4.79 Å². The highest BCUT2D eigenvalue weighted by Gasteiger charge is 2.26. The quantitative estimate of drug-likeness (QED) is 0.751. The topological polar surface area (TPSA) is 38.7 Å². The minimum absolute atomic E-state index is 0.00227. The Labute approximate surface area is 103 Å². The Morgan fingerprint density at radius 1 is 1.41 bits per heavy atom. The first-order valence-corrected chi connectivity index (χ1v) is 5.95. The van der Waals surface area contributed by atoms with Crippen LogP contribution in [0.3, 0.4) is 0 Å². The summed E-state index contributed by atoms with van der Waals surface area (Å²) in [5, 5.41) is 0. The van der Waals surface area contributed by atoms with Gasteiger partial charge in [0.15, 0.2) is 5.78 Å². The third-order valence-electron chi connectivity index (χ3n) is 2.31. The van der Waals surface area contributed by atoms with E-state index in [-0.39, 0.29) is 5.78 Å². The zero-order chi connectivity index (χ0) is 13.1. The van der Waals surface area contributed by atoms with Gasteiger partial charge in [0.1, 0.15) is 12.0 Å². The molecule has 1 heterocycles. The van der Waals surface area contributed by atoms with Crippen molar-refractivity contribution in [1.29, 1.82) is 0 Å². The predicted octanol–water partition coefficient (Wildman–Crippen LogP) is 3.47. The third kappa shape index (κ3) is 4.17. The normalized spacial score (nSPS) is 16.1. The molecule has 3 heteroatoms. The molecule has 94 valence electrons. The van der Waals surface area contributed by atoms with Crippen molar-refractivity contribution in [3.05, 3.63) is 24.3 Å². The Morgan fingerprint density at radius 3 is 2.59 bits per heavy atom. The molecule has 17 heavy (non-hydrogen) atoms. The molecule has 0 radical (unpaired) electrons. The van der Waals surface area contributed by atoms with E-state index in [1.807, 2.05) is 26.8 Å². The molecule has 1 rings (SSSR count). The van der Waals surface area contributed by atoms with E-state index in [1.165, 1.54) is 6.26 Å². The van der Waals surface area contributed by atoms with Gasteiger partial charge in [-0.05, 0) is 18.4 Å². The molecule has 0 N–H and O–H groups in total. The van der Waals surface area contributed by atoms with Crippen LogP contribution in [-0.2, 0) is 9.53 Å². The van der Waals surface area contributed by atoms with Crippen molar-refractivity contribution < 1.29 is 9.53 Å². The summed E-state index contributed by atoms with van der Waals surface area (Å²) >= 11 is 0. The van der Waals surface area contributed by atoms with Crippen molar-refractivity contribution in [2.75, 3.05) is 0 Å². The highest BCUT2D eigenvalue weighted by molar-refractivity contribution is 6.04. The molecule has 0 aromatic heterocycles. The van der Waals surface area contributed by atoms with Gasteiger partial charge in [-0.15, -0.1) is 0 Å². The molecule has 0 atom stereocenters.